The summed E-state index contributed by atoms with van der Waals surface area (Å²) in [6, 6.07) is 0. The molecule has 1 spiro atoms. The summed E-state index contributed by atoms with van der Waals surface area (Å²) in [5.41, 5.74) is 7.27. The van der Waals surface area contributed by atoms with Gasteiger partial charge in [-0.3, -0.25) is 0 Å². The summed E-state index contributed by atoms with van der Waals surface area (Å²) in [6.45, 7) is 5.65. The average Bonchev–Trinajstić information content (AvgIpc) is 2.86. The van der Waals surface area contributed by atoms with Crippen molar-refractivity contribution in [3.8, 4) is 0 Å². The summed E-state index contributed by atoms with van der Waals surface area (Å²) in [5, 5.41) is 0. The molecule has 0 aromatic rings. The lowest BCUT2D eigenvalue weighted by Gasteiger charge is -2.49. The van der Waals surface area contributed by atoms with Crippen molar-refractivity contribution in [3.63, 3.8) is 0 Å². The van der Waals surface area contributed by atoms with Gasteiger partial charge in [-0.15, -0.1) is 0 Å². The van der Waals surface area contributed by atoms with Crippen LogP contribution >= 0.6 is 11.8 Å². The summed E-state index contributed by atoms with van der Waals surface area (Å²) in [4.78, 5) is 0. The zero-order valence-corrected chi connectivity index (χ0v) is 14.7. The van der Waals surface area contributed by atoms with Gasteiger partial charge in [0.1, 0.15) is 0 Å². The van der Waals surface area contributed by atoms with Crippen LogP contribution in [0.25, 0.3) is 0 Å². The maximum Gasteiger partial charge on any atom is 0.0783 e. The van der Waals surface area contributed by atoms with E-state index in [4.69, 9.17) is 10.5 Å². The molecule has 2 saturated heterocycles. The molecule has 1 aliphatic carbocycles. The fourth-order valence-electron chi connectivity index (χ4n) is 5.08. The third-order valence-corrected chi connectivity index (χ3v) is 7.32. The molecular weight excluding hydrogens is 278 g/mol. The molecule has 0 amide bonds. The first-order valence-corrected chi connectivity index (χ1v) is 10.2. The minimum absolute atomic E-state index is 0.0991. The fourth-order valence-corrected chi connectivity index (χ4v) is 6.46. The topological polar surface area (TPSA) is 35.2 Å². The van der Waals surface area contributed by atoms with Crippen LogP contribution < -0.4 is 5.73 Å². The Morgan fingerprint density at radius 3 is 2.81 bits per heavy atom. The Kier molecular flexibility index (Phi) is 4.93. The predicted octanol–water partition coefficient (Wildman–Crippen LogP) is 4.22. The molecule has 2 heterocycles. The molecule has 3 heteroatoms. The van der Waals surface area contributed by atoms with Crippen molar-refractivity contribution < 1.29 is 4.74 Å². The molecular formula is C18H33NOS. The van der Waals surface area contributed by atoms with Gasteiger partial charge in [-0.1, -0.05) is 26.7 Å². The van der Waals surface area contributed by atoms with Crippen LogP contribution in [0.2, 0.25) is 0 Å². The van der Waals surface area contributed by atoms with Crippen molar-refractivity contribution in [1.82, 2.24) is 0 Å². The van der Waals surface area contributed by atoms with Crippen LogP contribution in [0.3, 0.4) is 0 Å². The summed E-state index contributed by atoms with van der Waals surface area (Å²) in [7, 11) is 0. The number of ether oxygens (including phenoxy) is 1. The van der Waals surface area contributed by atoms with Gasteiger partial charge in [0, 0.05) is 17.9 Å². The third-order valence-electron chi connectivity index (χ3n) is 6.10. The largest absolute Gasteiger partial charge is 0.374 e. The van der Waals surface area contributed by atoms with Crippen molar-refractivity contribution >= 4 is 11.8 Å². The number of hydrogen-bond acceptors (Lipinski definition) is 3. The van der Waals surface area contributed by atoms with Gasteiger partial charge < -0.3 is 10.5 Å². The molecule has 3 aliphatic rings. The van der Waals surface area contributed by atoms with Gasteiger partial charge in [0.25, 0.3) is 0 Å². The Morgan fingerprint density at radius 1 is 1.24 bits per heavy atom. The molecule has 3 fully saturated rings. The van der Waals surface area contributed by atoms with E-state index in [1.54, 1.807) is 0 Å². The van der Waals surface area contributed by atoms with Gasteiger partial charge >= 0.3 is 0 Å². The van der Waals surface area contributed by atoms with Crippen molar-refractivity contribution in [2.45, 2.75) is 76.4 Å². The van der Waals surface area contributed by atoms with Gasteiger partial charge in [-0.05, 0) is 62.0 Å². The maximum absolute atomic E-state index is 6.99. The van der Waals surface area contributed by atoms with Crippen molar-refractivity contribution in [3.05, 3.63) is 0 Å². The average molecular weight is 312 g/mol. The molecule has 0 radical (unpaired) electrons. The summed E-state index contributed by atoms with van der Waals surface area (Å²) in [6.07, 6.45) is 10.3. The van der Waals surface area contributed by atoms with E-state index in [2.05, 4.69) is 25.6 Å². The van der Waals surface area contributed by atoms with E-state index in [1.165, 1.54) is 62.9 Å². The summed E-state index contributed by atoms with van der Waals surface area (Å²) < 4.78 is 6.21. The highest BCUT2D eigenvalue weighted by Crippen LogP contribution is 2.47. The van der Waals surface area contributed by atoms with E-state index in [9.17, 15) is 0 Å². The Labute approximate surface area is 135 Å². The lowest BCUT2D eigenvalue weighted by atomic mass is 9.64. The number of rotatable bonds is 3. The van der Waals surface area contributed by atoms with E-state index < -0.39 is 0 Å². The van der Waals surface area contributed by atoms with E-state index in [-0.39, 0.29) is 11.1 Å². The molecule has 1 saturated carbocycles. The zero-order valence-electron chi connectivity index (χ0n) is 13.9. The van der Waals surface area contributed by atoms with Crippen molar-refractivity contribution in [2.24, 2.45) is 23.5 Å². The molecule has 4 unspecified atom stereocenters. The van der Waals surface area contributed by atoms with Gasteiger partial charge in [0.15, 0.2) is 0 Å². The lowest BCUT2D eigenvalue weighted by Crippen LogP contribution is -2.55. The Balaban J connectivity index is 1.66. The normalized spacial score (nSPS) is 44.6. The van der Waals surface area contributed by atoms with Crippen LogP contribution in [-0.2, 0) is 4.74 Å². The third kappa shape index (κ3) is 3.61. The highest BCUT2D eigenvalue weighted by atomic mass is 32.2. The first kappa shape index (κ1) is 16.1. The molecule has 3 rings (SSSR count). The van der Waals surface area contributed by atoms with E-state index in [0.29, 0.717) is 5.92 Å². The highest BCUT2D eigenvalue weighted by molar-refractivity contribution is 7.99. The van der Waals surface area contributed by atoms with E-state index in [1.807, 2.05) is 0 Å². The van der Waals surface area contributed by atoms with Crippen molar-refractivity contribution in [1.29, 1.82) is 0 Å². The fraction of sp³-hybridized carbons (Fsp3) is 1.00. The number of hydrogen-bond donors (Lipinski definition) is 1. The molecule has 0 bridgehead atoms. The first-order valence-electron chi connectivity index (χ1n) is 9.02. The first-order chi connectivity index (χ1) is 10.0. The lowest BCUT2D eigenvalue weighted by molar-refractivity contribution is -0.0977. The van der Waals surface area contributed by atoms with Crippen LogP contribution in [0.15, 0.2) is 0 Å². The zero-order chi connectivity index (χ0) is 14.9. The van der Waals surface area contributed by atoms with Crippen LogP contribution in [0.1, 0.15) is 65.2 Å². The molecule has 122 valence electrons. The van der Waals surface area contributed by atoms with Crippen LogP contribution in [-0.4, -0.2) is 29.3 Å². The van der Waals surface area contributed by atoms with Gasteiger partial charge in [0.2, 0.25) is 0 Å². The monoisotopic (exact) mass is 311 g/mol. The number of nitrogens with two attached hydrogens (primary N) is 1. The van der Waals surface area contributed by atoms with E-state index >= 15 is 0 Å². The molecule has 0 aromatic carbocycles. The second-order valence-electron chi connectivity index (χ2n) is 8.35. The van der Waals surface area contributed by atoms with Crippen LogP contribution in [0.4, 0.5) is 0 Å². The molecule has 21 heavy (non-hydrogen) atoms. The van der Waals surface area contributed by atoms with Crippen LogP contribution in [0.5, 0.6) is 0 Å². The Bertz CT molecular complexity index is 353. The standard InChI is InChI=1S/C18H33NOS/c1-14(2)10-15-4-3-6-18(19,11-15)16-5-8-20-17(12-16)7-9-21-13-17/h14-16H,3-13,19H2,1-2H3. The van der Waals surface area contributed by atoms with Gasteiger partial charge in [-0.25, -0.2) is 0 Å². The SMILES string of the molecule is CC(C)CC1CCCC(N)(C2CCOC3(CCSC3)C2)C1. The van der Waals surface area contributed by atoms with Crippen molar-refractivity contribution in [2.75, 3.05) is 18.1 Å². The molecule has 4 atom stereocenters. The predicted molar refractivity (Wildman–Crippen MR) is 91.7 cm³/mol. The molecule has 0 aromatic heterocycles. The van der Waals surface area contributed by atoms with Crippen LogP contribution in [0, 0.1) is 17.8 Å². The molecule has 2 aliphatic heterocycles. The van der Waals surface area contributed by atoms with Gasteiger partial charge in [0.05, 0.1) is 5.60 Å². The summed E-state index contributed by atoms with van der Waals surface area (Å²) in [5.74, 6) is 4.85. The Hall–Kier alpha value is 0.270. The molecule has 2 N–H and O–H groups in total. The second kappa shape index (κ2) is 6.41. The Morgan fingerprint density at radius 2 is 2.10 bits per heavy atom. The second-order valence-corrected chi connectivity index (χ2v) is 9.45. The highest BCUT2D eigenvalue weighted by Gasteiger charge is 2.47. The van der Waals surface area contributed by atoms with E-state index in [0.717, 1.165) is 18.4 Å². The molecule has 2 nitrogen and oxygen atoms in total. The quantitative estimate of drug-likeness (QED) is 0.847. The summed E-state index contributed by atoms with van der Waals surface area (Å²) >= 11 is 2.07. The minimum atomic E-state index is 0.0991. The maximum atomic E-state index is 6.99. The minimum Gasteiger partial charge on any atom is -0.374 e. The smallest absolute Gasteiger partial charge is 0.0783 e. The number of thioether (sulfide) groups is 1. The van der Waals surface area contributed by atoms with Gasteiger partial charge in [-0.2, -0.15) is 11.8 Å².